The zero-order chi connectivity index (χ0) is 11.0. The summed E-state index contributed by atoms with van der Waals surface area (Å²) in [6.45, 7) is 1.89. The Kier molecular flexibility index (Phi) is 2.08. The molecule has 3 N–H and O–H groups in total. The predicted octanol–water partition coefficient (Wildman–Crippen LogP) is 2.43. The molecule has 0 aliphatic carbocycles. The van der Waals surface area contributed by atoms with Crippen LogP contribution in [0.4, 0.5) is 5.69 Å². The Balaban J connectivity index is 2.94. The van der Waals surface area contributed by atoms with Gasteiger partial charge in [0.15, 0.2) is 0 Å². The lowest BCUT2D eigenvalue weighted by Crippen LogP contribution is -2.00. The van der Waals surface area contributed by atoms with E-state index in [-0.39, 0.29) is 5.56 Å². The van der Waals surface area contributed by atoms with Crippen molar-refractivity contribution in [2.75, 3.05) is 5.73 Å². The zero-order valence-corrected chi connectivity index (χ0v) is 8.32. The number of nitrogens with two attached hydrogens (primary N) is 1. The van der Waals surface area contributed by atoms with E-state index in [0.29, 0.717) is 5.69 Å². The van der Waals surface area contributed by atoms with Crippen LogP contribution < -0.4 is 5.73 Å². The molecule has 0 atom stereocenters. The van der Waals surface area contributed by atoms with Gasteiger partial charge in [0.25, 0.3) is 0 Å². The molecule has 15 heavy (non-hydrogen) atoms. The number of carboxylic acids is 1. The highest BCUT2D eigenvalue weighted by Crippen LogP contribution is 2.25. The maximum Gasteiger partial charge on any atom is 0.336 e. The first-order chi connectivity index (χ1) is 7.09. The normalized spacial score (nSPS) is 10.5. The van der Waals surface area contributed by atoms with Gasteiger partial charge in [-0.3, -0.25) is 0 Å². The number of fused-ring (bicyclic) bond motifs is 1. The summed E-state index contributed by atoms with van der Waals surface area (Å²) in [5.74, 6) is -0.943. The van der Waals surface area contributed by atoms with Crippen molar-refractivity contribution in [1.29, 1.82) is 0 Å². The molecule has 0 aliphatic rings. The van der Waals surface area contributed by atoms with E-state index in [1.54, 1.807) is 6.07 Å². The Labute approximate surface area is 87.1 Å². The number of hydrogen-bond acceptors (Lipinski definition) is 2. The highest BCUT2D eigenvalue weighted by atomic mass is 16.4. The number of carboxylic acid groups (broad SMARTS) is 1. The second-order valence-electron chi connectivity index (χ2n) is 3.55. The summed E-state index contributed by atoms with van der Waals surface area (Å²) in [5, 5.41) is 10.7. The Morgan fingerprint density at radius 2 is 2.07 bits per heavy atom. The summed E-state index contributed by atoms with van der Waals surface area (Å²) in [4.78, 5) is 11.1. The van der Waals surface area contributed by atoms with Crippen LogP contribution >= 0.6 is 0 Å². The van der Waals surface area contributed by atoms with Gasteiger partial charge in [0, 0.05) is 5.69 Å². The van der Waals surface area contributed by atoms with Crippen molar-refractivity contribution >= 4 is 22.4 Å². The number of hydrogen-bond donors (Lipinski definition) is 2. The SMILES string of the molecule is Cc1cccc2cc(N)cc(C(=O)O)c12. The highest BCUT2D eigenvalue weighted by Gasteiger charge is 2.10. The molecule has 0 radical (unpaired) electrons. The second kappa shape index (κ2) is 3.28. The van der Waals surface area contributed by atoms with Crippen LogP contribution in [-0.4, -0.2) is 11.1 Å². The van der Waals surface area contributed by atoms with Crippen LogP contribution in [0.2, 0.25) is 0 Å². The molecule has 0 heterocycles. The molecule has 0 fully saturated rings. The van der Waals surface area contributed by atoms with E-state index in [2.05, 4.69) is 0 Å². The molecule has 0 unspecified atom stereocenters. The van der Waals surface area contributed by atoms with E-state index in [1.807, 2.05) is 25.1 Å². The first kappa shape index (κ1) is 9.52. The Morgan fingerprint density at radius 1 is 1.33 bits per heavy atom. The minimum Gasteiger partial charge on any atom is -0.478 e. The number of benzene rings is 2. The smallest absolute Gasteiger partial charge is 0.336 e. The first-order valence-corrected chi connectivity index (χ1v) is 4.62. The van der Waals surface area contributed by atoms with Crippen molar-refractivity contribution in [3.05, 3.63) is 41.5 Å². The number of carbonyl (C=O) groups is 1. The van der Waals surface area contributed by atoms with E-state index in [0.717, 1.165) is 16.3 Å². The fourth-order valence-corrected chi connectivity index (χ4v) is 1.81. The number of aromatic carboxylic acids is 1. The van der Waals surface area contributed by atoms with E-state index >= 15 is 0 Å². The fourth-order valence-electron chi connectivity index (χ4n) is 1.81. The van der Waals surface area contributed by atoms with Crippen LogP contribution in [0.15, 0.2) is 30.3 Å². The molecule has 3 heteroatoms. The van der Waals surface area contributed by atoms with Gasteiger partial charge in [-0.25, -0.2) is 4.79 Å². The lowest BCUT2D eigenvalue weighted by atomic mass is 9.99. The molecule has 3 nitrogen and oxygen atoms in total. The lowest BCUT2D eigenvalue weighted by Gasteiger charge is -2.07. The molecule has 2 rings (SSSR count). The Bertz CT molecular complexity index is 547. The number of anilines is 1. The third kappa shape index (κ3) is 1.52. The molecule has 2 aromatic rings. The quantitative estimate of drug-likeness (QED) is 0.696. The van der Waals surface area contributed by atoms with Gasteiger partial charge in [0.2, 0.25) is 0 Å². The summed E-state index contributed by atoms with van der Waals surface area (Å²) in [6.07, 6.45) is 0. The van der Waals surface area contributed by atoms with Crippen LogP contribution in [0.1, 0.15) is 15.9 Å². The minimum absolute atomic E-state index is 0.267. The monoisotopic (exact) mass is 201 g/mol. The molecular weight excluding hydrogens is 190 g/mol. The van der Waals surface area contributed by atoms with E-state index in [9.17, 15) is 4.79 Å². The third-order valence-corrected chi connectivity index (χ3v) is 2.44. The van der Waals surface area contributed by atoms with E-state index in [1.165, 1.54) is 6.07 Å². The molecule has 0 aliphatic heterocycles. The van der Waals surface area contributed by atoms with Gasteiger partial charge in [-0.1, -0.05) is 18.2 Å². The van der Waals surface area contributed by atoms with Crippen molar-refractivity contribution in [3.8, 4) is 0 Å². The lowest BCUT2D eigenvalue weighted by molar-refractivity contribution is 0.0699. The molecular formula is C12H11NO2. The molecule has 0 spiro atoms. The second-order valence-corrected chi connectivity index (χ2v) is 3.55. The van der Waals surface area contributed by atoms with E-state index in [4.69, 9.17) is 10.8 Å². The number of aryl methyl sites for hydroxylation is 1. The third-order valence-electron chi connectivity index (χ3n) is 2.44. The van der Waals surface area contributed by atoms with Crippen molar-refractivity contribution in [3.63, 3.8) is 0 Å². The van der Waals surface area contributed by atoms with Crippen molar-refractivity contribution in [2.24, 2.45) is 0 Å². The largest absolute Gasteiger partial charge is 0.478 e. The predicted molar refractivity (Wildman–Crippen MR) is 60.1 cm³/mol. The van der Waals surface area contributed by atoms with Crippen LogP contribution in [-0.2, 0) is 0 Å². The molecule has 0 bridgehead atoms. The van der Waals surface area contributed by atoms with Crippen LogP contribution in [0.3, 0.4) is 0 Å². The van der Waals surface area contributed by atoms with Crippen molar-refractivity contribution in [1.82, 2.24) is 0 Å². The summed E-state index contributed by atoms with van der Waals surface area (Å²) >= 11 is 0. The topological polar surface area (TPSA) is 63.3 Å². The summed E-state index contributed by atoms with van der Waals surface area (Å²) in [5.41, 5.74) is 7.34. The molecule has 0 aromatic heterocycles. The average molecular weight is 201 g/mol. The molecule has 2 aromatic carbocycles. The maximum absolute atomic E-state index is 11.1. The van der Waals surface area contributed by atoms with Crippen LogP contribution in [0.5, 0.6) is 0 Å². The summed E-state index contributed by atoms with van der Waals surface area (Å²) in [7, 11) is 0. The highest BCUT2D eigenvalue weighted by molar-refractivity contribution is 6.06. The van der Waals surface area contributed by atoms with Gasteiger partial charge in [-0.2, -0.15) is 0 Å². The molecule has 76 valence electrons. The van der Waals surface area contributed by atoms with Gasteiger partial charge in [0.1, 0.15) is 0 Å². The Hall–Kier alpha value is -2.03. The molecule has 0 saturated heterocycles. The van der Waals surface area contributed by atoms with Gasteiger partial charge in [-0.05, 0) is 35.4 Å². The van der Waals surface area contributed by atoms with Gasteiger partial charge in [-0.15, -0.1) is 0 Å². The number of nitrogen functional groups attached to an aromatic ring is 1. The maximum atomic E-state index is 11.1. The number of rotatable bonds is 1. The summed E-state index contributed by atoms with van der Waals surface area (Å²) in [6, 6.07) is 8.94. The van der Waals surface area contributed by atoms with Gasteiger partial charge < -0.3 is 10.8 Å². The van der Waals surface area contributed by atoms with Crippen molar-refractivity contribution < 1.29 is 9.90 Å². The Morgan fingerprint density at radius 3 is 2.73 bits per heavy atom. The van der Waals surface area contributed by atoms with Gasteiger partial charge in [0.05, 0.1) is 5.56 Å². The molecule has 0 amide bonds. The van der Waals surface area contributed by atoms with Crippen LogP contribution in [0.25, 0.3) is 10.8 Å². The first-order valence-electron chi connectivity index (χ1n) is 4.62. The fraction of sp³-hybridized carbons (Fsp3) is 0.0833. The zero-order valence-electron chi connectivity index (χ0n) is 8.32. The standard InChI is InChI=1S/C12H11NO2/c1-7-3-2-4-8-5-9(13)6-10(11(7)8)12(14)15/h2-6H,13H2,1H3,(H,14,15). The van der Waals surface area contributed by atoms with E-state index < -0.39 is 5.97 Å². The minimum atomic E-state index is -0.943. The summed E-state index contributed by atoms with van der Waals surface area (Å²) < 4.78 is 0. The van der Waals surface area contributed by atoms with Crippen LogP contribution in [0, 0.1) is 6.92 Å². The molecule has 0 saturated carbocycles. The van der Waals surface area contributed by atoms with Crippen molar-refractivity contribution in [2.45, 2.75) is 6.92 Å². The van der Waals surface area contributed by atoms with Gasteiger partial charge >= 0.3 is 5.97 Å². The average Bonchev–Trinajstić information content (AvgIpc) is 2.16.